The van der Waals surface area contributed by atoms with E-state index in [0.717, 1.165) is 22.8 Å². The Morgan fingerprint density at radius 3 is 2.09 bits per heavy atom. The summed E-state index contributed by atoms with van der Waals surface area (Å²) in [6, 6.07) is 25.7. The fourth-order valence-electron chi connectivity index (χ4n) is 2.43. The maximum absolute atomic E-state index is 4.72. The van der Waals surface area contributed by atoms with Crippen molar-refractivity contribution in [1.82, 2.24) is 19.7 Å². The Labute approximate surface area is 134 Å². The van der Waals surface area contributed by atoms with Crippen molar-refractivity contribution >= 4 is 0 Å². The Kier molecular flexibility index (Phi) is 3.41. The average Bonchev–Trinajstić information content (AvgIpc) is 3.09. The van der Waals surface area contributed by atoms with Crippen LogP contribution < -0.4 is 0 Å². The number of pyridine rings is 1. The molecule has 0 unspecified atom stereocenters. The fourth-order valence-corrected chi connectivity index (χ4v) is 2.43. The van der Waals surface area contributed by atoms with Gasteiger partial charge in [0.25, 0.3) is 0 Å². The first-order valence-corrected chi connectivity index (χ1v) is 7.41. The van der Waals surface area contributed by atoms with Gasteiger partial charge in [-0.15, -0.1) is 5.10 Å². The molecule has 110 valence electrons. The maximum atomic E-state index is 4.72. The quantitative estimate of drug-likeness (QED) is 0.574. The normalized spacial score (nSPS) is 10.6. The lowest BCUT2D eigenvalue weighted by Crippen LogP contribution is -2.00. The number of benzene rings is 2. The predicted molar refractivity (Wildman–Crippen MR) is 90.0 cm³/mol. The van der Waals surface area contributed by atoms with Gasteiger partial charge in [0.05, 0.1) is 5.69 Å². The van der Waals surface area contributed by atoms with Crippen molar-refractivity contribution in [2.75, 3.05) is 0 Å². The number of rotatable bonds is 3. The van der Waals surface area contributed by atoms with Crippen molar-refractivity contribution in [3.63, 3.8) is 0 Å². The number of para-hydroxylation sites is 1. The third-order valence-electron chi connectivity index (χ3n) is 3.53. The topological polar surface area (TPSA) is 43.6 Å². The number of hydrogen-bond acceptors (Lipinski definition) is 3. The minimum absolute atomic E-state index is 0.690. The van der Waals surface area contributed by atoms with Gasteiger partial charge in [0.1, 0.15) is 5.69 Å². The molecule has 0 atom stereocenters. The third-order valence-corrected chi connectivity index (χ3v) is 3.53. The van der Waals surface area contributed by atoms with Gasteiger partial charge in [0, 0.05) is 11.8 Å². The molecule has 0 aliphatic heterocycles. The average molecular weight is 298 g/mol. The molecule has 2 aromatic heterocycles. The molecule has 0 radical (unpaired) electrons. The molecule has 4 aromatic rings. The van der Waals surface area contributed by atoms with Crippen molar-refractivity contribution in [1.29, 1.82) is 0 Å². The van der Waals surface area contributed by atoms with E-state index in [-0.39, 0.29) is 0 Å². The summed E-state index contributed by atoms with van der Waals surface area (Å²) in [5.74, 6) is 1.42. The van der Waals surface area contributed by atoms with Crippen molar-refractivity contribution in [3.05, 3.63) is 85.1 Å². The van der Waals surface area contributed by atoms with Gasteiger partial charge in [-0.1, -0.05) is 54.6 Å². The van der Waals surface area contributed by atoms with Crippen LogP contribution in [0.25, 0.3) is 28.6 Å². The van der Waals surface area contributed by atoms with Gasteiger partial charge in [-0.3, -0.25) is 4.98 Å². The van der Waals surface area contributed by atoms with Crippen LogP contribution in [0.2, 0.25) is 0 Å². The molecule has 0 saturated heterocycles. The van der Waals surface area contributed by atoms with Crippen LogP contribution >= 0.6 is 0 Å². The minimum Gasteiger partial charge on any atom is -0.253 e. The Morgan fingerprint density at radius 2 is 1.39 bits per heavy atom. The van der Waals surface area contributed by atoms with Crippen LogP contribution in [-0.2, 0) is 0 Å². The van der Waals surface area contributed by atoms with Gasteiger partial charge in [-0.25, -0.2) is 9.67 Å². The van der Waals surface area contributed by atoms with Crippen molar-refractivity contribution in [2.45, 2.75) is 0 Å². The van der Waals surface area contributed by atoms with E-state index in [2.05, 4.69) is 4.98 Å². The highest BCUT2D eigenvalue weighted by Gasteiger charge is 2.15. The molecule has 0 fully saturated rings. The van der Waals surface area contributed by atoms with Gasteiger partial charge < -0.3 is 0 Å². The first kappa shape index (κ1) is 13.4. The molecule has 0 bridgehead atoms. The molecule has 0 aliphatic rings. The van der Waals surface area contributed by atoms with E-state index < -0.39 is 0 Å². The summed E-state index contributed by atoms with van der Waals surface area (Å²) in [5.41, 5.74) is 2.74. The Morgan fingerprint density at radius 1 is 0.696 bits per heavy atom. The van der Waals surface area contributed by atoms with Crippen LogP contribution in [0.5, 0.6) is 0 Å². The lowest BCUT2D eigenvalue weighted by Gasteiger charge is -2.04. The summed E-state index contributed by atoms with van der Waals surface area (Å²) in [6.07, 6.45) is 1.77. The highest BCUT2D eigenvalue weighted by atomic mass is 15.4. The Balaban J connectivity index is 1.91. The van der Waals surface area contributed by atoms with Crippen LogP contribution in [-0.4, -0.2) is 19.7 Å². The van der Waals surface area contributed by atoms with E-state index in [1.165, 1.54) is 0 Å². The van der Waals surface area contributed by atoms with E-state index in [1.807, 2.05) is 83.5 Å². The van der Waals surface area contributed by atoms with E-state index in [9.17, 15) is 0 Å². The van der Waals surface area contributed by atoms with Crippen molar-refractivity contribution in [3.8, 4) is 28.6 Å². The second-order valence-electron chi connectivity index (χ2n) is 5.09. The SMILES string of the molecule is c1ccc(-c2nc(-c3ccccn3)n(-c3ccccc3)n2)cc1. The summed E-state index contributed by atoms with van der Waals surface area (Å²) in [6.45, 7) is 0. The monoisotopic (exact) mass is 298 g/mol. The molecule has 0 N–H and O–H groups in total. The molecule has 4 heteroatoms. The van der Waals surface area contributed by atoms with Gasteiger partial charge in [-0.2, -0.15) is 0 Å². The van der Waals surface area contributed by atoms with Crippen LogP contribution in [0.3, 0.4) is 0 Å². The highest BCUT2D eigenvalue weighted by Crippen LogP contribution is 2.23. The third kappa shape index (κ3) is 2.62. The molecule has 2 heterocycles. The lowest BCUT2D eigenvalue weighted by atomic mass is 10.2. The largest absolute Gasteiger partial charge is 0.253 e. The zero-order chi connectivity index (χ0) is 15.5. The van der Waals surface area contributed by atoms with Gasteiger partial charge in [-0.05, 0) is 24.3 Å². The summed E-state index contributed by atoms with van der Waals surface area (Å²) < 4.78 is 1.84. The molecular weight excluding hydrogens is 284 g/mol. The van der Waals surface area contributed by atoms with Gasteiger partial charge in [0.15, 0.2) is 11.6 Å². The molecule has 23 heavy (non-hydrogen) atoms. The zero-order valence-corrected chi connectivity index (χ0v) is 12.4. The molecule has 0 aliphatic carbocycles. The van der Waals surface area contributed by atoms with Crippen LogP contribution in [0.4, 0.5) is 0 Å². The molecule has 4 rings (SSSR count). The second kappa shape index (κ2) is 5.85. The Bertz CT molecular complexity index is 843. The van der Waals surface area contributed by atoms with E-state index in [1.54, 1.807) is 6.20 Å². The number of aromatic nitrogens is 4. The smallest absolute Gasteiger partial charge is 0.182 e. The summed E-state index contributed by atoms with van der Waals surface area (Å²) >= 11 is 0. The first-order chi connectivity index (χ1) is 11.4. The summed E-state index contributed by atoms with van der Waals surface area (Å²) in [5, 5.41) is 4.69. The molecule has 0 spiro atoms. The van der Waals surface area contributed by atoms with E-state index in [4.69, 9.17) is 10.1 Å². The van der Waals surface area contributed by atoms with E-state index in [0.29, 0.717) is 5.82 Å². The van der Waals surface area contributed by atoms with Crippen LogP contribution in [0, 0.1) is 0 Å². The highest BCUT2D eigenvalue weighted by molar-refractivity contribution is 5.61. The maximum Gasteiger partial charge on any atom is 0.182 e. The standard InChI is InChI=1S/C19H14N4/c1-3-9-15(10-4-1)18-21-19(17-13-7-8-14-20-17)23(22-18)16-11-5-2-6-12-16/h1-14H. The second-order valence-corrected chi connectivity index (χ2v) is 5.09. The van der Waals surface area contributed by atoms with Crippen LogP contribution in [0.15, 0.2) is 85.1 Å². The number of nitrogens with zero attached hydrogens (tertiary/aromatic N) is 4. The van der Waals surface area contributed by atoms with Crippen molar-refractivity contribution in [2.24, 2.45) is 0 Å². The molecule has 4 nitrogen and oxygen atoms in total. The first-order valence-electron chi connectivity index (χ1n) is 7.41. The summed E-state index contributed by atoms with van der Waals surface area (Å²) in [7, 11) is 0. The minimum atomic E-state index is 0.690. The number of hydrogen-bond donors (Lipinski definition) is 0. The van der Waals surface area contributed by atoms with Gasteiger partial charge in [0.2, 0.25) is 0 Å². The fraction of sp³-hybridized carbons (Fsp3) is 0. The molecular formula is C19H14N4. The lowest BCUT2D eigenvalue weighted by molar-refractivity contribution is 0.886. The van der Waals surface area contributed by atoms with Gasteiger partial charge >= 0.3 is 0 Å². The Hall–Kier alpha value is -3.27. The molecule has 0 amide bonds. The zero-order valence-electron chi connectivity index (χ0n) is 12.4. The van der Waals surface area contributed by atoms with Crippen LogP contribution in [0.1, 0.15) is 0 Å². The summed E-state index contributed by atoms with van der Waals surface area (Å²) in [4.78, 5) is 9.14. The van der Waals surface area contributed by atoms with Crippen molar-refractivity contribution < 1.29 is 0 Å². The molecule has 2 aromatic carbocycles. The molecule has 0 saturated carbocycles. The predicted octanol–water partition coefficient (Wildman–Crippen LogP) is 4.00. The van der Waals surface area contributed by atoms with E-state index >= 15 is 0 Å².